The van der Waals surface area contributed by atoms with Crippen LogP contribution in [0.15, 0.2) is 36.4 Å². The summed E-state index contributed by atoms with van der Waals surface area (Å²) in [7, 11) is 0. The van der Waals surface area contributed by atoms with Gasteiger partial charge in [-0.05, 0) is 55.6 Å². The third kappa shape index (κ3) is 10.8. The molecule has 0 saturated heterocycles. The second-order valence-electron chi connectivity index (χ2n) is 6.71. The monoisotopic (exact) mass is 364 g/mol. The normalized spacial score (nSPS) is 16.1. The van der Waals surface area contributed by atoms with Crippen LogP contribution in [0, 0.1) is 17.8 Å². The van der Waals surface area contributed by atoms with Crippen LogP contribution < -0.4 is 0 Å². The number of ether oxygens (including phenoxy) is 1. The number of ketones is 1. The standard InChI is InChI=1S/C19H28F4O2/c1-12(13(2)9-10-16(5)24)7-8-14(3)15(4)11-18(20)17(6)25-19(21,22)23/h11-14H,4,6-10H2,1-3,5H3/b18-11+. The molecule has 0 aromatic carbocycles. The van der Waals surface area contributed by atoms with Crippen molar-refractivity contribution in [2.75, 3.05) is 0 Å². The van der Waals surface area contributed by atoms with Gasteiger partial charge in [-0.15, -0.1) is 13.2 Å². The smallest absolute Gasteiger partial charge is 0.403 e. The van der Waals surface area contributed by atoms with Gasteiger partial charge < -0.3 is 9.53 Å². The summed E-state index contributed by atoms with van der Waals surface area (Å²) >= 11 is 0. The topological polar surface area (TPSA) is 26.3 Å². The van der Waals surface area contributed by atoms with E-state index in [1.807, 2.05) is 6.92 Å². The molecule has 0 amide bonds. The molecular weight excluding hydrogens is 336 g/mol. The molecule has 0 radical (unpaired) electrons. The fraction of sp³-hybridized carbons (Fsp3) is 0.632. The Morgan fingerprint density at radius 2 is 1.60 bits per heavy atom. The summed E-state index contributed by atoms with van der Waals surface area (Å²) in [6.07, 6.45) is -1.07. The molecule has 0 aliphatic heterocycles. The van der Waals surface area contributed by atoms with Gasteiger partial charge >= 0.3 is 6.36 Å². The average Bonchev–Trinajstić information content (AvgIpc) is 2.47. The number of carbonyl (C=O) groups excluding carboxylic acids is 1. The van der Waals surface area contributed by atoms with E-state index in [1.54, 1.807) is 6.92 Å². The van der Waals surface area contributed by atoms with Gasteiger partial charge in [0, 0.05) is 6.42 Å². The van der Waals surface area contributed by atoms with E-state index in [0.717, 1.165) is 25.3 Å². The second-order valence-corrected chi connectivity index (χ2v) is 6.71. The molecular formula is C19H28F4O2. The van der Waals surface area contributed by atoms with Gasteiger partial charge in [0.2, 0.25) is 0 Å². The number of rotatable bonds is 11. The van der Waals surface area contributed by atoms with Crippen molar-refractivity contribution in [3.8, 4) is 0 Å². The molecule has 0 aromatic rings. The number of carbonyl (C=O) groups is 1. The Morgan fingerprint density at radius 1 is 1.08 bits per heavy atom. The second kappa shape index (κ2) is 10.4. The van der Waals surface area contributed by atoms with Gasteiger partial charge in [0.1, 0.15) is 5.78 Å². The highest BCUT2D eigenvalue weighted by atomic mass is 19.4. The summed E-state index contributed by atoms with van der Waals surface area (Å²) in [6, 6.07) is 0. The lowest BCUT2D eigenvalue weighted by atomic mass is 9.84. The highest BCUT2D eigenvalue weighted by Crippen LogP contribution is 2.28. The van der Waals surface area contributed by atoms with Gasteiger partial charge in [0.25, 0.3) is 0 Å². The molecule has 0 fully saturated rings. The molecule has 0 rings (SSSR count). The van der Waals surface area contributed by atoms with Crippen molar-refractivity contribution in [2.45, 2.75) is 59.7 Å². The lowest BCUT2D eigenvalue weighted by Gasteiger charge is -2.21. The van der Waals surface area contributed by atoms with Crippen LogP contribution in [0.4, 0.5) is 17.6 Å². The average molecular weight is 364 g/mol. The van der Waals surface area contributed by atoms with Crippen molar-refractivity contribution in [3.63, 3.8) is 0 Å². The Labute approximate surface area is 147 Å². The molecule has 0 aliphatic rings. The predicted octanol–water partition coefficient (Wildman–Crippen LogP) is 6.50. The summed E-state index contributed by atoms with van der Waals surface area (Å²) in [4.78, 5) is 11.0. The third-order valence-corrected chi connectivity index (χ3v) is 4.43. The lowest BCUT2D eigenvalue weighted by molar-refractivity contribution is -0.304. The van der Waals surface area contributed by atoms with Crippen LogP contribution in [0.1, 0.15) is 53.4 Å². The van der Waals surface area contributed by atoms with Crippen molar-refractivity contribution < 1.29 is 27.1 Å². The minimum atomic E-state index is -4.97. The maximum absolute atomic E-state index is 13.7. The Bertz CT molecular complexity index is 506. The van der Waals surface area contributed by atoms with E-state index in [9.17, 15) is 22.4 Å². The number of hydrogen-bond acceptors (Lipinski definition) is 2. The Balaban J connectivity index is 4.48. The van der Waals surface area contributed by atoms with E-state index < -0.39 is 17.9 Å². The molecule has 2 nitrogen and oxygen atoms in total. The Hall–Kier alpha value is -1.59. The molecule has 3 unspecified atom stereocenters. The first-order valence-corrected chi connectivity index (χ1v) is 8.34. The van der Waals surface area contributed by atoms with Gasteiger partial charge in [0.05, 0.1) is 0 Å². The Kier molecular flexibility index (Phi) is 9.75. The summed E-state index contributed by atoms with van der Waals surface area (Å²) in [6.45, 7) is 14.2. The molecule has 0 spiro atoms. The number of Topliss-reactive ketones (excluding diaryl/α,β-unsaturated/α-hetero) is 1. The van der Waals surface area contributed by atoms with Crippen molar-refractivity contribution in [1.29, 1.82) is 0 Å². The van der Waals surface area contributed by atoms with Crippen LogP contribution in [0.3, 0.4) is 0 Å². The lowest BCUT2D eigenvalue weighted by Crippen LogP contribution is -2.13. The van der Waals surface area contributed by atoms with Crippen LogP contribution in [0.2, 0.25) is 0 Å². The van der Waals surface area contributed by atoms with Crippen molar-refractivity contribution in [2.24, 2.45) is 17.8 Å². The maximum Gasteiger partial charge on any atom is 0.573 e. The first-order valence-electron chi connectivity index (χ1n) is 8.34. The zero-order chi connectivity index (χ0) is 19.8. The van der Waals surface area contributed by atoms with Crippen LogP contribution in [-0.4, -0.2) is 12.1 Å². The first-order chi connectivity index (χ1) is 11.3. The quantitative estimate of drug-likeness (QED) is 0.237. The molecule has 0 aliphatic carbocycles. The van der Waals surface area contributed by atoms with Gasteiger partial charge in [-0.3, -0.25) is 0 Å². The molecule has 3 atom stereocenters. The van der Waals surface area contributed by atoms with E-state index in [0.29, 0.717) is 23.8 Å². The zero-order valence-corrected chi connectivity index (χ0v) is 15.4. The molecule has 25 heavy (non-hydrogen) atoms. The fourth-order valence-electron chi connectivity index (χ4n) is 2.27. The van der Waals surface area contributed by atoms with Crippen molar-refractivity contribution in [3.05, 3.63) is 36.4 Å². The molecule has 0 N–H and O–H groups in total. The summed E-state index contributed by atoms with van der Waals surface area (Å²) in [5.41, 5.74) is 0.382. The largest absolute Gasteiger partial charge is 0.573 e. The predicted molar refractivity (Wildman–Crippen MR) is 91.3 cm³/mol. The first kappa shape index (κ1) is 23.4. The van der Waals surface area contributed by atoms with E-state index in [-0.39, 0.29) is 11.7 Å². The fourth-order valence-corrected chi connectivity index (χ4v) is 2.27. The highest BCUT2D eigenvalue weighted by Gasteiger charge is 2.32. The molecule has 0 bridgehead atoms. The summed E-state index contributed by atoms with van der Waals surface area (Å²) in [5, 5.41) is 0. The van der Waals surface area contributed by atoms with E-state index >= 15 is 0 Å². The zero-order valence-electron chi connectivity index (χ0n) is 15.4. The number of halogens is 4. The molecule has 0 heterocycles. The molecule has 6 heteroatoms. The minimum absolute atomic E-state index is 0.0908. The number of allylic oxidation sites excluding steroid dienone is 3. The van der Waals surface area contributed by atoms with Gasteiger partial charge in [-0.1, -0.05) is 33.9 Å². The maximum atomic E-state index is 13.7. The minimum Gasteiger partial charge on any atom is -0.403 e. The molecule has 144 valence electrons. The third-order valence-electron chi connectivity index (χ3n) is 4.43. The SMILES string of the molecule is C=C(OC(F)(F)F)/C(F)=C\C(=C)C(C)CCC(C)C(C)CCC(C)=O. The van der Waals surface area contributed by atoms with Gasteiger partial charge in [-0.25, -0.2) is 4.39 Å². The van der Waals surface area contributed by atoms with Crippen LogP contribution in [0.5, 0.6) is 0 Å². The summed E-state index contributed by atoms with van der Waals surface area (Å²) < 4.78 is 53.3. The van der Waals surface area contributed by atoms with Crippen LogP contribution >= 0.6 is 0 Å². The molecule has 0 aromatic heterocycles. The molecule has 0 saturated carbocycles. The highest BCUT2D eigenvalue weighted by molar-refractivity contribution is 5.75. The van der Waals surface area contributed by atoms with E-state index in [1.165, 1.54) is 0 Å². The van der Waals surface area contributed by atoms with Gasteiger partial charge in [-0.2, -0.15) is 0 Å². The van der Waals surface area contributed by atoms with Gasteiger partial charge in [0.15, 0.2) is 11.6 Å². The number of alkyl halides is 3. The van der Waals surface area contributed by atoms with E-state index in [4.69, 9.17) is 0 Å². The van der Waals surface area contributed by atoms with Crippen LogP contribution in [0.25, 0.3) is 0 Å². The van der Waals surface area contributed by atoms with E-state index in [2.05, 4.69) is 31.7 Å². The number of hydrogen-bond donors (Lipinski definition) is 0. The van der Waals surface area contributed by atoms with Crippen molar-refractivity contribution in [1.82, 2.24) is 0 Å². The Morgan fingerprint density at radius 3 is 2.08 bits per heavy atom. The van der Waals surface area contributed by atoms with Crippen molar-refractivity contribution >= 4 is 5.78 Å². The summed E-state index contributed by atoms with van der Waals surface area (Å²) in [5.74, 6) is -1.41. The van der Waals surface area contributed by atoms with Crippen LogP contribution in [-0.2, 0) is 9.53 Å².